The van der Waals surface area contributed by atoms with Crippen LogP contribution in [0.15, 0.2) is 41.2 Å². The minimum atomic E-state index is -0.155. The summed E-state index contributed by atoms with van der Waals surface area (Å²) >= 11 is 0. The van der Waals surface area contributed by atoms with E-state index in [0.717, 1.165) is 31.5 Å². The fourth-order valence-electron chi connectivity index (χ4n) is 3.56. The number of benzene rings is 1. The van der Waals surface area contributed by atoms with Gasteiger partial charge in [0, 0.05) is 30.9 Å². The Morgan fingerprint density at radius 3 is 2.72 bits per heavy atom. The quantitative estimate of drug-likeness (QED) is 0.283. The second kappa shape index (κ2) is 13.2. The van der Waals surface area contributed by atoms with E-state index in [9.17, 15) is 4.79 Å². The van der Waals surface area contributed by atoms with Crippen LogP contribution in [0.25, 0.3) is 0 Å². The number of anilines is 1. The van der Waals surface area contributed by atoms with Gasteiger partial charge in [-0.3, -0.25) is 9.79 Å². The maximum absolute atomic E-state index is 11.8. The summed E-state index contributed by atoms with van der Waals surface area (Å²) in [5, 5.41) is 0. The van der Waals surface area contributed by atoms with Crippen molar-refractivity contribution in [1.82, 2.24) is 0 Å². The molecule has 0 saturated carbocycles. The molecule has 2 rings (SSSR count). The lowest BCUT2D eigenvalue weighted by Gasteiger charge is -2.24. The number of ether oxygens (including phenoxy) is 1. The van der Waals surface area contributed by atoms with Crippen molar-refractivity contribution in [3.05, 3.63) is 41.7 Å². The first-order valence-corrected chi connectivity index (χ1v) is 11.4. The van der Waals surface area contributed by atoms with E-state index >= 15 is 0 Å². The summed E-state index contributed by atoms with van der Waals surface area (Å²) in [4.78, 5) is 18.6. The van der Waals surface area contributed by atoms with E-state index in [1.807, 2.05) is 13.1 Å². The normalized spacial score (nSPS) is 14.6. The number of esters is 1. The molecular formula is C25H38N2O2. The Kier molecular flexibility index (Phi) is 10.5. The van der Waals surface area contributed by atoms with Gasteiger partial charge in [0.1, 0.15) is 6.10 Å². The van der Waals surface area contributed by atoms with E-state index in [1.54, 1.807) is 0 Å². The summed E-state index contributed by atoms with van der Waals surface area (Å²) in [7, 11) is 0. The lowest BCUT2D eigenvalue weighted by atomic mass is 10.0. The highest BCUT2D eigenvalue weighted by atomic mass is 16.5. The van der Waals surface area contributed by atoms with E-state index in [-0.39, 0.29) is 12.1 Å². The number of unbranched alkanes of at least 4 members (excludes halogenated alkanes) is 5. The van der Waals surface area contributed by atoms with Crippen LogP contribution in [0.1, 0.15) is 84.1 Å². The molecule has 0 amide bonds. The molecule has 0 fully saturated rings. The molecule has 4 heteroatoms. The summed E-state index contributed by atoms with van der Waals surface area (Å²) in [5.74, 6) is -0.108. The zero-order valence-corrected chi connectivity index (χ0v) is 18.5. The lowest BCUT2D eigenvalue weighted by molar-refractivity contribution is -0.148. The van der Waals surface area contributed by atoms with Crippen LogP contribution in [0.2, 0.25) is 0 Å². The third-order valence-electron chi connectivity index (χ3n) is 5.22. The summed E-state index contributed by atoms with van der Waals surface area (Å²) in [6.07, 6.45) is 14.6. The molecule has 29 heavy (non-hydrogen) atoms. The van der Waals surface area contributed by atoms with Gasteiger partial charge in [0.25, 0.3) is 0 Å². The highest BCUT2D eigenvalue weighted by Crippen LogP contribution is 2.22. The predicted octanol–water partition coefficient (Wildman–Crippen LogP) is 6.44. The molecule has 1 aliphatic heterocycles. The standard InChI is InChI=1S/C25H38N2O2/c1-4-6-8-9-10-12-22-13-11-14-24(19-22)27-17-16-26-23(20-27)18-21(3)29-25(28)15-7-5-2/h11,13-14,16,19-21H,4-10,12,15,17-18H2,1-3H3. The van der Waals surface area contributed by atoms with Gasteiger partial charge >= 0.3 is 5.97 Å². The number of hydrogen-bond donors (Lipinski definition) is 0. The number of aryl methyl sites for hydroxylation is 1. The monoisotopic (exact) mass is 398 g/mol. The molecule has 160 valence electrons. The van der Waals surface area contributed by atoms with Gasteiger partial charge in [-0.1, -0.05) is 58.1 Å². The molecule has 0 saturated heterocycles. The zero-order chi connectivity index (χ0) is 20.9. The Morgan fingerprint density at radius 1 is 1.14 bits per heavy atom. The number of rotatable bonds is 13. The maximum Gasteiger partial charge on any atom is 0.306 e. The number of aliphatic imine (C=N–C) groups is 1. The topological polar surface area (TPSA) is 41.9 Å². The third-order valence-corrected chi connectivity index (χ3v) is 5.22. The summed E-state index contributed by atoms with van der Waals surface area (Å²) in [6.45, 7) is 7.05. The van der Waals surface area contributed by atoms with Crippen molar-refractivity contribution in [3.8, 4) is 0 Å². The second-order valence-electron chi connectivity index (χ2n) is 8.03. The zero-order valence-electron chi connectivity index (χ0n) is 18.5. The molecule has 0 bridgehead atoms. The summed E-state index contributed by atoms with van der Waals surface area (Å²) < 4.78 is 5.52. The van der Waals surface area contributed by atoms with Crippen molar-refractivity contribution in [2.45, 2.75) is 91.1 Å². The minimum Gasteiger partial charge on any atom is -0.462 e. The molecule has 0 N–H and O–H groups in total. The SMILES string of the molecule is CCCCCCCc1cccc(N2C=C(CC(C)OC(=O)CCCC)N=CC2)c1. The molecule has 1 heterocycles. The molecule has 1 atom stereocenters. The Bertz CT molecular complexity index is 681. The first-order chi connectivity index (χ1) is 14.1. The van der Waals surface area contributed by atoms with E-state index in [2.05, 4.69) is 54.2 Å². The van der Waals surface area contributed by atoms with Gasteiger partial charge in [-0.15, -0.1) is 0 Å². The molecule has 0 aromatic heterocycles. The maximum atomic E-state index is 11.8. The first-order valence-electron chi connectivity index (χ1n) is 11.4. The molecule has 1 aliphatic rings. The average molecular weight is 399 g/mol. The summed E-state index contributed by atoms with van der Waals surface area (Å²) in [5.41, 5.74) is 3.55. The van der Waals surface area contributed by atoms with Crippen LogP contribution in [-0.2, 0) is 16.0 Å². The third kappa shape index (κ3) is 8.84. The van der Waals surface area contributed by atoms with Crippen molar-refractivity contribution in [3.63, 3.8) is 0 Å². The van der Waals surface area contributed by atoms with Crippen molar-refractivity contribution in [2.75, 3.05) is 11.4 Å². The van der Waals surface area contributed by atoms with Gasteiger partial charge in [-0.2, -0.15) is 0 Å². The van der Waals surface area contributed by atoms with Gasteiger partial charge in [0.15, 0.2) is 0 Å². The fourth-order valence-corrected chi connectivity index (χ4v) is 3.56. The number of hydrogen-bond acceptors (Lipinski definition) is 4. The smallest absolute Gasteiger partial charge is 0.306 e. The van der Waals surface area contributed by atoms with Crippen LogP contribution < -0.4 is 4.90 Å². The van der Waals surface area contributed by atoms with Crippen molar-refractivity contribution in [2.24, 2.45) is 4.99 Å². The number of carbonyl (C=O) groups is 1. The predicted molar refractivity (Wildman–Crippen MR) is 123 cm³/mol. The van der Waals surface area contributed by atoms with Crippen LogP contribution in [0.3, 0.4) is 0 Å². The largest absolute Gasteiger partial charge is 0.462 e. The average Bonchev–Trinajstić information content (AvgIpc) is 2.72. The fraction of sp³-hybridized carbons (Fsp3) is 0.600. The van der Waals surface area contributed by atoms with Crippen molar-refractivity contribution < 1.29 is 9.53 Å². The van der Waals surface area contributed by atoms with E-state index in [4.69, 9.17) is 4.74 Å². The minimum absolute atomic E-state index is 0.108. The molecule has 1 aromatic rings. The van der Waals surface area contributed by atoms with E-state index in [1.165, 1.54) is 43.4 Å². The summed E-state index contributed by atoms with van der Waals surface area (Å²) in [6, 6.07) is 8.82. The molecule has 0 radical (unpaired) electrons. The van der Waals surface area contributed by atoms with E-state index in [0.29, 0.717) is 12.8 Å². The van der Waals surface area contributed by atoms with Gasteiger partial charge in [0.05, 0.1) is 12.2 Å². The Labute approximate surface area is 177 Å². The van der Waals surface area contributed by atoms with Crippen LogP contribution in [-0.4, -0.2) is 24.8 Å². The van der Waals surface area contributed by atoms with Crippen LogP contribution in [0, 0.1) is 0 Å². The van der Waals surface area contributed by atoms with Crippen molar-refractivity contribution >= 4 is 17.9 Å². The van der Waals surface area contributed by atoms with Gasteiger partial charge in [0.2, 0.25) is 0 Å². The highest BCUT2D eigenvalue weighted by molar-refractivity contribution is 5.71. The van der Waals surface area contributed by atoms with E-state index < -0.39 is 0 Å². The molecular weight excluding hydrogens is 360 g/mol. The Morgan fingerprint density at radius 2 is 1.93 bits per heavy atom. The molecule has 4 nitrogen and oxygen atoms in total. The number of nitrogens with zero attached hydrogens (tertiary/aromatic N) is 2. The highest BCUT2D eigenvalue weighted by Gasteiger charge is 2.15. The van der Waals surface area contributed by atoms with Crippen molar-refractivity contribution in [1.29, 1.82) is 0 Å². The molecule has 1 aromatic carbocycles. The number of carbonyl (C=O) groups excluding carboxylic acids is 1. The van der Waals surface area contributed by atoms with Crippen LogP contribution in [0.4, 0.5) is 5.69 Å². The first kappa shape index (κ1) is 23.2. The van der Waals surface area contributed by atoms with Crippen LogP contribution >= 0.6 is 0 Å². The van der Waals surface area contributed by atoms with Gasteiger partial charge in [-0.25, -0.2) is 0 Å². The van der Waals surface area contributed by atoms with Crippen LogP contribution in [0.5, 0.6) is 0 Å². The Balaban J connectivity index is 1.89. The van der Waals surface area contributed by atoms with Gasteiger partial charge in [-0.05, 0) is 43.9 Å². The Hall–Kier alpha value is -2.10. The van der Waals surface area contributed by atoms with Gasteiger partial charge < -0.3 is 9.64 Å². The molecule has 0 spiro atoms. The molecule has 1 unspecified atom stereocenters. The lowest BCUT2D eigenvalue weighted by Crippen LogP contribution is -2.24. The second-order valence-corrected chi connectivity index (χ2v) is 8.03. The molecule has 0 aliphatic carbocycles.